The van der Waals surface area contributed by atoms with Crippen molar-refractivity contribution in [2.24, 2.45) is 0 Å². The van der Waals surface area contributed by atoms with Gasteiger partial charge in [0.1, 0.15) is 11.2 Å². The molecule has 0 bridgehead atoms. The van der Waals surface area contributed by atoms with Crippen LogP contribution in [0.3, 0.4) is 0 Å². The minimum atomic E-state index is -0.826. The minimum Gasteiger partial charge on any atom is -0.382 e. The third-order valence-corrected chi connectivity index (χ3v) is 4.69. The number of likely N-dealkylation sites (tertiary alicyclic amines) is 1. The summed E-state index contributed by atoms with van der Waals surface area (Å²) >= 11 is 0. The van der Waals surface area contributed by atoms with Crippen molar-refractivity contribution in [3.05, 3.63) is 66.0 Å². The van der Waals surface area contributed by atoms with Gasteiger partial charge in [-0.2, -0.15) is 0 Å². The summed E-state index contributed by atoms with van der Waals surface area (Å²) in [5.41, 5.74) is 2.18. The fraction of sp³-hybridized carbons (Fsp3) is 0.316. The minimum absolute atomic E-state index is 0.648. The van der Waals surface area contributed by atoms with Crippen molar-refractivity contribution in [3.8, 4) is 0 Å². The number of H-pyrrole nitrogens is 1. The molecule has 1 saturated heterocycles. The molecule has 118 valence electrons. The highest BCUT2D eigenvalue weighted by molar-refractivity contribution is 5.76. The average Bonchev–Trinajstić information content (AvgIpc) is 3.01. The number of aliphatic hydroxyl groups is 1. The van der Waals surface area contributed by atoms with E-state index in [1.165, 1.54) is 5.56 Å². The zero-order valence-corrected chi connectivity index (χ0v) is 13.1. The van der Waals surface area contributed by atoms with Crippen LogP contribution in [-0.4, -0.2) is 33.1 Å². The van der Waals surface area contributed by atoms with Crippen LogP contribution in [0.5, 0.6) is 0 Å². The second kappa shape index (κ2) is 5.80. The van der Waals surface area contributed by atoms with Crippen molar-refractivity contribution in [1.29, 1.82) is 0 Å². The molecule has 1 atom stereocenters. The van der Waals surface area contributed by atoms with E-state index in [-0.39, 0.29) is 0 Å². The number of nitrogens with one attached hydrogen (secondary N) is 1. The maximum absolute atomic E-state index is 11.2. The molecule has 0 saturated carbocycles. The van der Waals surface area contributed by atoms with E-state index in [1.54, 1.807) is 6.20 Å². The zero-order valence-electron chi connectivity index (χ0n) is 13.1. The normalized spacial score (nSPS) is 22.5. The topological polar surface area (TPSA) is 52.2 Å². The molecular formula is C19H21N3O. The van der Waals surface area contributed by atoms with Crippen molar-refractivity contribution < 1.29 is 5.11 Å². The van der Waals surface area contributed by atoms with Crippen molar-refractivity contribution in [3.63, 3.8) is 0 Å². The molecule has 0 aliphatic carbocycles. The Morgan fingerprint density at radius 1 is 1.17 bits per heavy atom. The number of aromatic nitrogens is 2. The number of pyridine rings is 1. The fourth-order valence-corrected chi connectivity index (χ4v) is 3.53. The Kier molecular flexibility index (Phi) is 3.63. The Labute approximate surface area is 135 Å². The van der Waals surface area contributed by atoms with E-state index in [2.05, 4.69) is 39.1 Å². The zero-order chi connectivity index (χ0) is 15.7. The average molecular weight is 307 g/mol. The van der Waals surface area contributed by atoms with E-state index in [1.807, 2.05) is 24.3 Å². The van der Waals surface area contributed by atoms with E-state index in [0.29, 0.717) is 6.54 Å². The summed E-state index contributed by atoms with van der Waals surface area (Å²) in [6.45, 7) is 2.55. The van der Waals surface area contributed by atoms with Gasteiger partial charge in [0.05, 0.1) is 5.69 Å². The van der Waals surface area contributed by atoms with Gasteiger partial charge in [-0.15, -0.1) is 0 Å². The highest BCUT2D eigenvalue weighted by Crippen LogP contribution is 2.33. The van der Waals surface area contributed by atoms with E-state index in [4.69, 9.17) is 0 Å². The van der Waals surface area contributed by atoms with Gasteiger partial charge in [-0.1, -0.05) is 30.3 Å². The first-order valence-corrected chi connectivity index (χ1v) is 8.16. The van der Waals surface area contributed by atoms with E-state index in [9.17, 15) is 5.11 Å². The molecule has 1 unspecified atom stereocenters. The molecule has 2 N–H and O–H groups in total. The van der Waals surface area contributed by atoms with Gasteiger partial charge in [0.2, 0.25) is 0 Å². The first-order valence-electron chi connectivity index (χ1n) is 8.16. The van der Waals surface area contributed by atoms with Crippen molar-refractivity contribution in [1.82, 2.24) is 14.9 Å². The summed E-state index contributed by atoms with van der Waals surface area (Å²) in [6.07, 6.45) is 3.55. The summed E-state index contributed by atoms with van der Waals surface area (Å²) in [4.78, 5) is 9.97. The predicted octanol–water partition coefficient (Wildman–Crippen LogP) is 3.05. The number of benzene rings is 1. The lowest BCUT2D eigenvalue weighted by Gasteiger charge is -2.38. The van der Waals surface area contributed by atoms with Crippen LogP contribution in [-0.2, 0) is 12.1 Å². The molecule has 1 aliphatic heterocycles. The van der Waals surface area contributed by atoms with Crippen LogP contribution in [0.1, 0.15) is 24.1 Å². The summed E-state index contributed by atoms with van der Waals surface area (Å²) in [5, 5.41) is 12.2. The number of rotatable bonds is 3. The molecule has 0 radical (unpaired) electrons. The quantitative estimate of drug-likeness (QED) is 0.782. The fourth-order valence-electron chi connectivity index (χ4n) is 3.53. The summed E-state index contributed by atoms with van der Waals surface area (Å²) in [6, 6.07) is 16.4. The van der Waals surface area contributed by atoms with Crippen LogP contribution in [0, 0.1) is 0 Å². The Morgan fingerprint density at radius 2 is 2.04 bits per heavy atom. The highest BCUT2D eigenvalue weighted by atomic mass is 16.3. The molecule has 4 nitrogen and oxygen atoms in total. The molecule has 3 aromatic rings. The van der Waals surface area contributed by atoms with E-state index < -0.39 is 5.60 Å². The van der Waals surface area contributed by atoms with Gasteiger partial charge in [0, 0.05) is 24.7 Å². The molecule has 1 aliphatic rings. The second-order valence-corrected chi connectivity index (χ2v) is 6.46. The number of hydrogen-bond donors (Lipinski definition) is 2. The lowest BCUT2D eigenvalue weighted by molar-refractivity contribution is -0.0408. The summed E-state index contributed by atoms with van der Waals surface area (Å²) in [5.74, 6) is 0. The van der Waals surface area contributed by atoms with Crippen LogP contribution < -0.4 is 0 Å². The van der Waals surface area contributed by atoms with Crippen LogP contribution in [0.15, 0.2) is 54.7 Å². The number of fused-ring (bicyclic) bond motifs is 1. The van der Waals surface area contributed by atoms with Crippen LogP contribution in [0.2, 0.25) is 0 Å². The number of hydrogen-bond acceptors (Lipinski definition) is 3. The van der Waals surface area contributed by atoms with Crippen LogP contribution >= 0.6 is 0 Å². The van der Waals surface area contributed by atoms with Gasteiger partial charge < -0.3 is 10.1 Å². The molecule has 4 heteroatoms. The predicted molar refractivity (Wildman–Crippen MR) is 90.9 cm³/mol. The third kappa shape index (κ3) is 2.87. The molecular weight excluding hydrogens is 286 g/mol. The van der Waals surface area contributed by atoms with Gasteiger partial charge in [0.15, 0.2) is 0 Å². The van der Waals surface area contributed by atoms with Crippen molar-refractivity contribution in [2.45, 2.75) is 25.0 Å². The molecule has 1 fully saturated rings. The van der Waals surface area contributed by atoms with Gasteiger partial charge in [0.25, 0.3) is 0 Å². The van der Waals surface area contributed by atoms with Crippen LogP contribution in [0.4, 0.5) is 0 Å². The van der Waals surface area contributed by atoms with Gasteiger partial charge in [-0.25, -0.2) is 4.98 Å². The third-order valence-electron chi connectivity index (χ3n) is 4.69. The lowest BCUT2D eigenvalue weighted by Crippen LogP contribution is -2.45. The molecule has 2 aromatic heterocycles. The molecule has 3 heterocycles. The first-order chi connectivity index (χ1) is 11.2. The van der Waals surface area contributed by atoms with Crippen LogP contribution in [0.25, 0.3) is 11.0 Å². The Hall–Kier alpha value is -2.17. The molecule has 1 aromatic carbocycles. The van der Waals surface area contributed by atoms with Gasteiger partial charge in [-0.05, 0) is 43.1 Å². The molecule has 4 rings (SSSR count). The molecule has 23 heavy (non-hydrogen) atoms. The van der Waals surface area contributed by atoms with Crippen molar-refractivity contribution in [2.75, 3.05) is 13.1 Å². The number of aromatic amines is 1. The Balaban J connectivity index is 1.57. The first kappa shape index (κ1) is 14.4. The summed E-state index contributed by atoms with van der Waals surface area (Å²) in [7, 11) is 0. The van der Waals surface area contributed by atoms with E-state index >= 15 is 0 Å². The Bertz CT molecular complexity index is 765. The molecule has 0 spiro atoms. The lowest BCUT2D eigenvalue weighted by atomic mass is 9.89. The standard InChI is InChI=1S/C19H21N3O/c23-19(17-12-16-8-4-10-20-18(16)21-17)9-5-11-22(14-19)13-15-6-2-1-3-7-15/h1-4,6-8,10,12,23H,5,9,11,13-14H2,(H,20,21). The highest BCUT2D eigenvalue weighted by Gasteiger charge is 2.36. The van der Waals surface area contributed by atoms with Gasteiger partial charge >= 0.3 is 0 Å². The molecule has 0 amide bonds. The second-order valence-electron chi connectivity index (χ2n) is 6.46. The van der Waals surface area contributed by atoms with Gasteiger partial charge in [-0.3, -0.25) is 4.90 Å². The van der Waals surface area contributed by atoms with E-state index in [0.717, 1.165) is 42.7 Å². The number of nitrogens with zero attached hydrogens (tertiary/aromatic N) is 2. The SMILES string of the molecule is OC1(c2cc3cccnc3[nH]2)CCCN(Cc2ccccc2)C1. The smallest absolute Gasteiger partial charge is 0.137 e. The number of piperidine rings is 1. The maximum atomic E-state index is 11.2. The summed E-state index contributed by atoms with van der Waals surface area (Å²) < 4.78 is 0. The maximum Gasteiger partial charge on any atom is 0.137 e. The monoisotopic (exact) mass is 307 g/mol. The Morgan fingerprint density at radius 3 is 2.87 bits per heavy atom. The largest absolute Gasteiger partial charge is 0.382 e. The number of β-amino-alcohol motifs (C(OH)–C–C–N with tert-alkyl or cyclic N) is 1. The van der Waals surface area contributed by atoms with Crippen molar-refractivity contribution >= 4 is 11.0 Å².